The van der Waals surface area contributed by atoms with Gasteiger partial charge < -0.3 is 0 Å². The van der Waals surface area contributed by atoms with Crippen LogP contribution in [0.2, 0.25) is 0 Å². The molecule has 0 radical (unpaired) electrons. The van der Waals surface area contributed by atoms with Gasteiger partial charge in [0, 0.05) is 10.8 Å². The predicted molar refractivity (Wildman–Crippen MR) is 96.5 cm³/mol. The molecule has 0 nitrogen and oxygen atoms in total. The highest BCUT2D eigenvalue weighted by Crippen LogP contribution is 2.79. The molecule has 0 aromatic heterocycles. The summed E-state index contributed by atoms with van der Waals surface area (Å²) in [7, 11) is 0. The van der Waals surface area contributed by atoms with E-state index in [1.54, 1.807) is 11.1 Å². The van der Waals surface area contributed by atoms with Gasteiger partial charge in [0.2, 0.25) is 0 Å². The number of allylic oxidation sites excluding steroid dienone is 3. The lowest BCUT2D eigenvalue weighted by atomic mass is 9.47. The quantitative estimate of drug-likeness (QED) is 0.518. The van der Waals surface area contributed by atoms with E-state index in [1.807, 2.05) is 0 Å². The van der Waals surface area contributed by atoms with Crippen molar-refractivity contribution in [2.24, 2.45) is 22.2 Å². The van der Waals surface area contributed by atoms with Crippen molar-refractivity contribution in [3.05, 3.63) is 59.2 Å². The monoisotopic (exact) mass is 304 g/mol. The molecule has 2 saturated carbocycles. The normalized spacial score (nSPS) is 46.5. The van der Waals surface area contributed by atoms with Crippen molar-refractivity contribution in [3.63, 3.8) is 0 Å². The number of fused-ring (bicyclic) bond motifs is 3. The fraction of sp³-hybridized carbons (Fsp3) is 0.565. The van der Waals surface area contributed by atoms with E-state index in [0.717, 1.165) is 11.8 Å². The molecule has 1 aromatic carbocycles. The first kappa shape index (κ1) is 14.1. The Morgan fingerprint density at radius 1 is 1.13 bits per heavy atom. The van der Waals surface area contributed by atoms with Crippen LogP contribution in [-0.2, 0) is 6.42 Å². The molecule has 0 heteroatoms. The van der Waals surface area contributed by atoms with Crippen molar-refractivity contribution in [3.8, 4) is 0 Å². The summed E-state index contributed by atoms with van der Waals surface area (Å²) in [5, 5.41) is 0. The molecule has 0 N–H and O–H groups in total. The van der Waals surface area contributed by atoms with Crippen molar-refractivity contribution in [1.82, 2.24) is 0 Å². The maximum Gasteiger partial charge on any atom is 0.0123 e. The molecule has 120 valence electrons. The Labute approximate surface area is 140 Å². The minimum atomic E-state index is 0.242. The summed E-state index contributed by atoms with van der Waals surface area (Å²) >= 11 is 0. The van der Waals surface area contributed by atoms with Gasteiger partial charge in [0.05, 0.1) is 0 Å². The summed E-state index contributed by atoms with van der Waals surface area (Å²) < 4.78 is 0. The van der Waals surface area contributed by atoms with E-state index < -0.39 is 0 Å². The molecule has 2 bridgehead atoms. The maximum absolute atomic E-state index is 4.52. The van der Waals surface area contributed by atoms with E-state index in [1.165, 1.54) is 43.2 Å². The van der Waals surface area contributed by atoms with Gasteiger partial charge in [-0.1, -0.05) is 61.9 Å². The van der Waals surface area contributed by atoms with Gasteiger partial charge in [-0.3, -0.25) is 0 Å². The highest BCUT2D eigenvalue weighted by atomic mass is 14.7. The van der Waals surface area contributed by atoms with Gasteiger partial charge in [-0.25, -0.2) is 0 Å². The minimum Gasteiger partial charge on any atom is -0.0989 e. The third-order valence-corrected chi connectivity index (χ3v) is 8.65. The highest BCUT2D eigenvalue weighted by Gasteiger charge is 2.70. The van der Waals surface area contributed by atoms with Crippen LogP contribution < -0.4 is 0 Å². The molecule has 5 rings (SSSR count). The number of benzene rings is 1. The maximum atomic E-state index is 4.52. The molecule has 0 aliphatic heterocycles. The largest absolute Gasteiger partial charge is 0.0989 e. The van der Waals surface area contributed by atoms with E-state index in [-0.39, 0.29) is 5.41 Å². The first-order valence-electron chi connectivity index (χ1n) is 9.39. The van der Waals surface area contributed by atoms with Crippen molar-refractivity contribution < 1.29 is 0 Å². The first-order valence-corrected chi connectivity index (χ1v) is 9.39. The van der Waals surface area contributed by atoms with E-state index in [2.05, 4.69) is 57.7 Å². The Kier molecular flexibility index (Phi) is 2.46. The molecule has 0 amide bonds. The van der Waals surface area contributed by atoms with E-state index in [9.17, 15) is 0 Å². The van der Waals surface area contributed by atoms with E-state index in [0.29, 0.717) is 10.8 Å². The van der Waals surface area contributed by atoms with Crippen molar-refractivity contribution in [2.45, 2.75) is 58.8 Å². The summed E-state index contributed by atoms with van der Waals surface area (Å²) in [5.74, 6) is 1.58. The molecule has 0 saturated heterocycles. The van der Waals surface area contributed by atoms with Crippen molar-refractivity contribution >= 4 is 0 Å². The minimum absolute atomic E-state index is 0.242. The second-order valence-electron chi connectivity index (χ2n) is 9.18. The molecule has 5 atom stereocenters. The van der Waals surface area contributed by atoms with Crippen LogP contribution in [-0.4, -0.2) is 0 Å². The van der Waals surface area contributed by atoms with Crippen LogP contribution >= 0.6 is 0 Å². The van der Waals surface area contributed by atoms with Crippen molar-refractivity contribution in [2.75, 3.05) is 0 Å². The molecule has 23 heavy (non-hydrogen) atoms. The summed E-state index contributed by atoms with van der Waals surface area (Å²) in [5.41, 5.74) is 7.24. The number of hydrogen-bond donors (Lipinski definition) is 0. The topological polar surface area (TPSA) is 0 Å². The zero-order valence-corrected chi connectivity index (χ0v) is 14.8. The SMILES string of the molecule is C=C1CC23C=CC1(C)C2(C)CCC1c2ccc(C)cc2CCC13. The zero-order chi connectivity index (χ0) is 16.0. The summed E-state index contributed by atoms with van der Waals surface area (Å²) in [4.78, 5) is 0. The van der Waals surface area contributed by atoms with Crippen LogP contribution in [0, 0.1) is 29.1 Å². The van der Waals surface area contributed by atoms with Crippen LogP contribution in [0.25, 0.3) is 0 Å². The first-order chi connectivity index (χ1) is 10.9. The molecule has 0 spiro atoms. The number of rotatable bonds is 0. The second kappa shape index (κ2) is 4.02. The fourth-order valence-corrected chi connectivity index (χ4v) is 7.08. The van der Waals surface area contributed by atoms with Gasteiger partial charge in [-0.15, -0.1) is 0 Å². The number of hydrogen-bond acceptors (Lipinski definition) is 0. The number of aryl methyl sites for hydroxylation is 2. The molecule has 2 fully saturated rings. The molecule has 4 aliphatic carbocycles. The average molecular weight is 304 g/mol. The summed E-state index contributed by atoms with van der Waals surface area (Å²) in [6.07, 6.45) is 11.8. The third kappa shape index (κ3) is 1.37. The highest BCUT2D eigenvalue weighted by molar-refractivity contribution is 5.47. The Morgan fingerprint density at radius 2 is 1.96 bits per heavy atom. The van der Waals surface area contributed by atoms with Gasteiger partial charge in [-0.05, 0) is 67.4 Å². The second-order valence-corrected chi connectivity index (χ2v) is 9.18. The van der Waals surface area contributed by atoms with Gasteiger partial charge >= 0.3 is 0 Å². The summed E-state index contributed by atoms with van der Waals surface area (Å²) in [6.45, 7) is 11.8. The molecule has 1 aromatic rings. The Hall–Kier alpha value is -1.30. The van der Waals surface area contributed by atoms with Gasteiger partial charge in [-0.2, -0.15) is 0 Å². The van der Waals surface area contributed by atoms with Gasteiger partial charge in [0.15, 0.2) is 0 Å². The zero-order valence-electron chi connectivity index (χ0n) is 14.8. The predicted octanol–water partition coefficient (Wildman–Crippen LogP) is 5.96. The molecular weight excluding hydrogens is 276 g/mol. The summed E-state index contributed by atoms with van der Waals surface area (Å²) in [6, 6.07) is 7.22. The van der Waals surface area contributed by atoms with Crippen LogP contribution in [0.5, 0.6) is 0 Å². The average Bonchev–Trinajstić information content (AvgIpc) is 2.86. The molecule has 4 aliphatic rings. The lowest BCUT2D eigenvalue weighted by Crippen LogP contribution is -2.49. The van der Waals surface area contributed by atoms with Crippen LogP contribution in [0.1, 0.15) is 62.1 Å². The Bertz CT molecular complexity index is 753. The van der Waals surface area contributed by atoms with E-state index >= 15 is 0 Å². The lowest BCUT2D eigenvalue weighted by molar-refractivity contribution is -0.0319. The smallest absolute Gasteiger partial charge is 0.0123 e. The molecular formula is C23H28. The lowest BCUT2D eigenvalue weighted by Gasteiger charge is -2.57. The Morgan fingerprint density at radius 3 is 2.74 bits per heavy atom. The standard InChI is InChI=1S/C23H28/c1-15-5-7-18-17(13-15)6-8-20-19(18)9-10-22(4)21(3)11-12-23(20,22)14-16(21)2/h5,7,11-13,19-20H,2,6,8-10,14H2,1,3-4H3. The fourth-order valence-electron chi connectivity index (χ4n) is 7.08. The van der Waals surface area contributed by atoms with Crippen LogP contribution in [0.3, 0.4) is 0 Å². The van der Waals surface area contributed by atoms with E-state index in [4.69, 9.17) is 0 Å². The van der Waals surface area contributed by atoms with Gasteiger partial charge in [0.1, 0.15) is 0 Å². The third-order valence-electron chi connectivity index (χ3n) is 8.65. The molecule has 0 heterocycles. The van der Waals surface area contributed by atoms with Crippen LogP contribution in [0.4, 0.5) is 0 Å². The van der Waals surface area contributed by atoms with Crippen LogP contribution in [0.15, 0.2) is 42.5 Å². The molecule has 5 unspecified atom stereocenters. The Balaban J connectivity index is 1.66. The van der Waals surface area contributed by atoms with Crippen molar-refractivity contribution in [1.29, 1.82) is 0 Å². The van der Waals surface area contributed by atoms with Gasteiger partial charge in [0.25, 0.3) is 0 Å².